The molecule has 0 heterocycles. The second kappa shape index (κ2) is 9.12. The Labute approximate surface area is 128 Å². The molecule has 0 aliphatic rings. The zero-order valence-electron chi connectivity index (χ0n) is 12.6. The predicted octanol–water partition coefficient (Wildman–Crippen LogP) is 3.57. The molecule has 0 aromatic heterocycles. The van der Waals surface area contributed by atoms with Gasteiger partial charge in [0, 0.05) is 24.5 Å². The number of carboxylic acid groups (broad SMARTS) is 1. The van der Waals surface area contributed by atoms with Gasteiger partial charge in [-0.1, -0.05) is 19.4 Å². The number of carbonyl (C=O) groups is 2. The summed E-state index contributed by atoms with van der Waals surface area (Å²) in [5.74, 6) is -2.48. The van der Waals surface area contributed by atoms with Crippen molar-refractivity contribution in [3.05, 3.63) is 35.4 Å². The third-order valence-electron chi connectivity index (χ3n) is 3.29. The van der Waals surface area contributed by atoms with E-state index in [1.807, 2.05) is 6.92 Å². The summed E-state index contributed by atoms with van der Waals surface area (Å²) in [6, 6.07) is 2.81. The standard InChI is InChI=1S/C16H21F2NO3/c1-2-5-14(12-9-8-11(17)10-13(12)18)19-15(20)6-3-4-7-16(21)22/h8-10,14H,2-7H2,1H3,(H,19,20)(H,21,22). The van der Waals surface area contributed by atoms with Crippen LogP contribution in [0.15, 0.2) is 18.2 Å². The Hall–Kier alpha value is -1.98. The molecule has 0 saturated heterocycles. The molecule has 0 aliphatic carbocycles. The number of rotatable bonds is 9. The van der Waals surface area contributed by atoms with Gasteiger partial charge in [0.05, 0.1) is 6.04 Å². The first-order valence-corrected chi connectivity index (χ1v) is 7.40. The van der Waals surface area contributed by atoms with Gasteiger partial charge in [0.1, 0.15) is 11.6 Å². The first kappa shape index (κ1) is 18.1. The number of hydrogen-bond acceptors (Lipinski definition) is 2. The van der Waals surface area contributed by atoms with Crippen molar-refractivity contribution in [3.63, 3.8) is 0 Å². The molecule has 0 bridgehead atoms. The Bertz CT molecular complexity index is 520. The Balaban J connectivity index is 2.60. The van der Waals surface area contributed by atoms with E-state index in [0.29, 0.717) is 19.3 Å². The van der Waals surface area contributed by atoms with E-state index in [2.05, 4.69) is 5.32 Å². The Morgan fingerprint density at radius 3 is 2.50 bits per heavy atom. The first-order chi connectivity index (χ1) is 10.4. The number of nitrogens with one attached hydrogen (secondary N) is 1. The number of carboxylic acids is 1. The highest BCUT2D eigenvalue weighted by Gasteiger charge is 2.17. The van der Waals surface area contributed by atoms with Crippen molar-refractivity contribution < 1.29 is 23.5 Å². The molecule has 0 radical (unpaired) electrons. The van der Waals surface area contributed by atoms with Crippen molar-refractivity contribution in [2.24, 2.45) is 0 Å². The third kappa shape index (κ3) is 6.20. The molecule has 0 fully saturated rings. The third-order valence-corrected chi connectivity index (χ3v) is 3.29. The number of benzene rings is 1. The van der Waals surface area contributed by atoms with Gasteiger partial charge in [-0.2, -0.15) is 0 Å². The van der Waals surface area contributed by atoms with Crippen LogP contribution in [0.2, 0.25) is 0 Å². The molecule has 1 aromatic rings. The van der Waals surface area contributed by atoms with Gasteiger partial charge in [-0.15, -0.1) is 0 Å². The lowest BCUT2D eigenvalue weighted by atomic mass is 10.0. The van der Waals surface area contributed by atoms with Gasteiger partial charge in [-0.25, -0.2) is 8.78 Å². The van der Waals surface area contributed by atoms with E-state index >= 15 is 0 Å². The van der Waals surface area contributed by atoms with Crippen LogP contribution in [-0.2, 0) is 9.59 Å². The number of aliphatic carboxylic acids is 1. The van der Waals surface area contributed by atoms with E-state index in [9.17, 15) is 18.4 Å². The normalized spacial score (nSPS) is 12.0. The minimum absolute atomic E-state index is 0.0261. The van der Waals surface area contributed by atoms with Gasteiger partial charge < -0.3 is 10.4 Å². The second-order valence-corrected chi connectivity index (χ2v) is 5.18. The summed E-state index contributed by atoms with van der Waals surface area (Å²) < 4.78 is 26.8. The highest BCUT2D eigenvalue weighted by Crippen LogP contribution is 2.22. The summed E-state index contributed by atoms with van der Waals surface area (Å²) in [5.41, 5.74) is 0.266. The molecule has 0 spiro atoms. The van der Waals surface area contributed by atoms with Gasteiger partial charge in [-0.3, -0.25) is 9.59 Å². The molecule has 22 heavy (non-hydrogen) atoms. The van der Waals surface area contributed by atoms with Crippen molar-refractivity contribution in [3.8, 4) is 0 Å². The predicted molar refractivity (Wildman–Crippen MR) is 78.3 cm³/mol. The lowest BCUT2D eigenvalue weighted by Crippen LogP contribution is -2.29. The fraction of sp³-hybridized carbons (Fsp3) is 0.500. The van der Waals surface area contributed by atoms with Crippen molar-refractivity contribution in [1.29, 1.82) is 0 Å². The van der Waals surface area contributed by atoms with E-state index < -0.39 is 23.6 Å². The lowest BCUT2D eigenvalue weighted by molar-refractivity contribution is -0.137. The Morgan fingerprint density at radius 1 is 1.23 bits per heavy atom. The summed E-state index contributed by atoms with van der Waals surface area (Å²) in [7, 11) is 0. The first-order valence-electron chi connectivity index (χ1n) is 7.40. The highest BCUT2D eigenvalue weighted by molar-refractivity contribution is 5.76. The largest absolute Gasteiger partial charge is 0.481 e. The SMILES string of the molecule is CCCC(NC(=O)CCCCC(=O)O)c1ccc(F)cc1F. The average Bonchev–Trinajstić information content (AvgIpc) is 2.43. The van der Waals surface area contributed by atoms with E-state index in [4.69, 9.17) is 5.11 Å². The summed E-state index contributed by atoms with van der Waals surface area (Å²) in [5, 5.41) is 11.3. The minimum atomic E-state index is -0.891. The smallest absolute Gasteiger partial charge is 0.303 e. The zero-order chi connectivity index (χ0) is 16.5. The van der Waals surface area contributed by atoms with Crippen LogP contribution in [0, 0.1) is 11.6 Å². The van der Waals surface area contributed by atoms with Crippen LogP contribution in [0.4, 0.5) is 8.78 Å². The zero-order valence-corrected chi connectivity index (χ0v) is 12.6. The highest BCUT2D eigenvalue weighted by atomic mass is 19.1. The summed E-state index contributed by atoms with van der Waals surface area (Å²) in [6.07, 6.45) is 2.38. The van der Waals surface area contributed by atoms with Crippen LogP contribution >= 0.6 is 0 Å². The van der Waals surface area contributed by atoms with Gasteiger partial charge >= 0.3 is 5.97 Å². The molecular weight excluding hydrogens is 292 g/mol. The summed E-state index contributed by atoms with van der Waals surface area (Å²) in [6.45, 7) is 1.91. The fourth-order valence-corrected chi connectivity index (χ4v) is 2.21. The maximum Gasteiger partial charge on any atom is 0.303 e. The minimum Gasteiger partial charge on any atom is -0.481 e. The molecule has 1 amide bonds. The Kier molecular flexibility index (Phi) is 7.49. The molecular formula is C16H21F2NO3. The van der Waals surface area contributed by atoms with Gasteiger partial charge in [0.2, 0.25) is 5.91 Å². The number of hydrogen-bond donors (Lipinski definition) is 2. The van der Waals surface area contributed by atoms with Gasteiger partial charge in [0.25, 0.3) is 0 Å². The van der Waals surface area contributed by atoms with Crippen LogP contribution in [0.5, 0.6) is 0 Å². The van der Waals surface area contributed by atoms with Crippen LogP contribution in [-0.4, -0.2) is 17.0 Å². The molecule has 1 atom stereocenters. The molecule has 1 aromatic carbocycles. The van der Waals surface area contributed by atoms with Crippen molar-refractivity contribution >= 4 is 11.9 Å². The maximum absolute atomic E-state index is 13.8. The molecule has 1 unspecified atom stereocenters. The lowest BCUT2D eigenvalue weighted by Gasteiger charge is -2.19. The average molecular weight is 313 g/mol. The van der Waals surface area contributed by atoms with E-state index in [1.54, 1.807) is 0 Å². The molecule has 6 heteroatoms. The maximum atomic E-state index is 13.8. The van der Waals surface area contributed by atoms with Crippen molar-refractivity contribution in [1.82, 2.24) is 5.32 Å². The molecule has 1 rings (SSSR count). The number of amides is 1. The topological polar surface area (TPSA) is 66.4 Å². The van der Waals surface area contributed by atoms with Gasteiger partial charge in [-0.05, 0) is 25.3 Å². The van der Waals surface area contributed by atoms with E-state index in [0.717, 1.165) is 12.5 Å². The molecule has 0 aliphatic heterocycles. The van der Waals surface area contributed by atoms with Gasteiger partial charge in [0.15, 0.2) is 0 Å². The molecule has 122 valence electrons. The van der Waals surface area contributed by atoms with E-state index in [1.165, 1.54) is 12.1 Å². The molecule has 2 N–H and O–H groups in total. The fourth-order valence-electron chi connectivity index (χ4n) is 2.21. The quantitative estimate of drug-likeness (QED) is 0.685. The summed E-state index contributed by atoms with van der Waals surface area (Å²) >= 11 is 0. The number of carbonyl (C=O) groups excluding carboxylic acids is 1. The monoisotopic (exact) mass is 313 g/mol. The molecule has 0 saturated carbocycles. The Morgan fingerprint density at radius 2 is 1.91 bits per heavy atom. The van der Waals surface area contributed by atoms with Crippen LogP contribution in [0.25, 0.3) is 0 Å². The van der Waals surface area contributed by atoms with Crippen molar-refractivity contribution in [2.75, 3.05) is 0 Å². The van der Waals surface area contributed by atoms with E-state index in [-0.39, 0.29) is 24.3 Å². The number of halogens is 2. The van der Waals surface area contributed by atoms with Crippen molar-refractivity contribution in [2.45, 2.75) is 51.5 Å². The van der Waals surface area contributed by atoms with Crippen LogP contribution in [0.1, 0.15) is 57.1 Å². The second-order valence-electron chi connectivity index (χ2n) is 5.18. The van der Waals surface area contributed by atoms with Crippen LogP contribution in [0.3, 0.4) is 0 Å². The summed E-state index contributed by atoms with van der Waals surface area (Å²) in [4.78, 5) is 22.3. The number of unbranched alkanes of at least 4 members (excludes halogenated alkanes) is 1. The van der Waals surface area contributed by atoms with Crippen LogP contribution < -0.4 is 5.32 Å². The molecule has 4 nitrogen and oxygen atoms in total.